The molecule has 2 rings (SSSR count). The molecule has 1 atom stereocenters. The van der Waals surface area contributed by atoms with Crippen molar-refractivity contribution in [1.29, 1.82) is 0 Å². The number of urea groups is 1. The smallest absolute Gasteiger partial charge is 0.326 e. The summed E-state index contributed by atoms with van der Waals surface area (Å²) in [7, 11) is 0. The number of amides is 3. The predicted octanol–water partition coefficient (Wildman–Crippen LogP) is 2.55. The quantitative estimate of drug-likeness (QED) is 0.765. The number of rotatable bonds is 5. The van der Waals surface area contributed by atoms with Gasteiger partial charge in [0, 0.05) is 11.3 Å². The highest BCUT2D eigenvalue weighted by atomic mass is 19.2. The molecule has 0 aromatic heterocycles. The van der Waals surface area contributed by atoms with Gasteiger partial charge in [-0.2, -0.15) is 0 Å². The summed E-state index contributed by atoms with van der Waals surface area (Å²) in [6.45, 7) is 5.54. The monoisotopic (exact) mass is 362 g/mol. The molecule has 26 heavy (non-hydrogen) atoms. The lowest BCUT2D eigenvalue weighted by Gasteiger charge is -2.12. The van der Waals surface area contributed by atoms with Crippen LogP contribution in [0.3, 0.4) is 0 Å². The van der Waals surface area contributed by atoms with Gasteiger partial charge >= 0.3 is 6.03 Å². The van der Waals surface area contributed by atoms with Crippen molar-refractivity contribution < 1.29 is 23.7 Å². The molecule has 2 aromatic rings. The second kappa shape index (κ2) is 8.53. The maximum Gasteiger partial charge on any atom is 0.326 e. The number of carbonyl (C=O) groups is 2. The molecule has 0 heterocycles. The van der Waals surface area contributed by atoms with Gasteiger partial charge in [-0.3, -0.25) is 10.1 Å². The van der Waals surface area contributed by atoms with Crippen LogP contribution in [-0.4, -0.2) is 18.5 Å². The van der Waals surface area contributed by atoms with Gasteiger partial charge < -0.3 is 10.6 Å². The first kappa shape index (κ1) is 19.5. The third-order valence-electron chi connectivity index (χ3n) is 4.01. The number of benzene rings is 2. The average Bonchev–Trinajstić information content (AvgIpc) is 2.57. The fraction of sp³-hybridized carbons (Fsp3) is 0.263. The summed E-state index contributed by atoms with van der Waals surface area (Å²) in [6.07, 6.45) is 0. The van der Waals surface area contributed by atoms with E-state index >= 15 is 0 Å². The molecule has 138 valence electrons. The van der Waals surface area contributed by atoms with Gasteiger partial charge in [-0.15, -0.1) is 0 Å². The van der Waals surface area contributed by atoms with Gasteiger partial charge in [-0.1, -0.05) is 17.7 Å². The van der Waals surface area contributed by atoms with Crippen LogP contribution in [0, 0.1) is 25.5 Å². The molecule has 0 saturated heterocycles. The minimum absolute atomic E-state index is 0.0273. The van der Waals surface area contributed by atoms with E-state index in [1.54, 1.807) is 18.3 Å². The number of aryl methyl sites for hydroxylation is 2. The number of hydrogen-bond donors (Lipinski definition) is 3. The molecule has 0 aliphatic rings. The first-order chi connectivity index (χ1) is 12.3. The number of halogens is 2. The lowest BCUT2D eigenvalue weighted by atomic mass is 10.1. The molecule has 5 nitrogen and oxygen atoms in total. The Kier molecular flexibility index (Phi) is 6.41. The summed E-state index contributed by atoms with van der Waals surface area (Å²) >= 11 is 0. The van der Waals surface area contributed by atoms with E-state index in [1.165, 1.54) is 6.07 Å². The minimum atomic E-state index is -0.931. The van der Waals surface area contributed by atoms with Crippen molar-refractivity contribution in [2.75, 3.05) is 11.9 Å². The summed E-state index contributed by atoms with van der Waals surface area (Å²) in [6, 6.07) is 8.29. The summed E-state index contributed by atoms with van der Waals surface area (Å²) in [5, 5.41) is 6.50. The van der Waals surface area contributed by atoms with E-state index in [4.69, 9.17) is 0 Å². The Hall–Kier alpha value is -2.80. The molecule has 0 saturated carbocycles. The van der Waals surface area contributed by atoms with Crippen LogP contribution in [0.15, 0.2) is 36.4 Å². The van der Waals surface area contributed by atoms with E-state index in [0.717, 1.165) is 23.3 Å². The third-order valence-corrected chi connectivity index (χ3v) is 4.01. The fourth-order valence-corrected chi connectivity index (χ4v) is 2.50. The van der Waals surface area contributed by atoms with E-state index in [1.807, 2.05) is 26.0 Å². The van der Waals surface area contributed by atoms with Crippen LogP contribution in [0.4, 0.5) is 19.3 Å². The van der Waals surface area contributed by atoms with Gasteiger partial charge in [0.2, 0.25) is 0 Å². The number of carbonyl (C=O) groups excluding carboxylic acids is 2. The summed E-state index contributed by atoms with van der Waals surface area (Å²) < 4.78 is 26.2. The van der Waals surface area contributed by atoms with Crippen molar-refractivity contribution in [3.63, 3.8) is 0 Å². The van der Waals surface area contributed by atoms with Gasteiger partial charge in [0.05, 0.1) is 0 Å². The molecule has 0 bridgehead atoms. The Morgan fingerprint density at radius 2 is 1.81 bits per heavy atom. The molecule has 7 heteroatoms. The van der Waals surface area contributed by atoms with E-state index in [9.17, 15) is 18.4 Å². The Bertz CT molecular complexity index is 824. The van der Waals surface area contributed by atoms with Gasteiger partial charge in [0.25, 0.3) is 5.91 Å². The molecule has 0 radical (unpaired) electrons. The zero-order valence-electron chi connectivity index (χ0n) is 14.9. The minimum Gasteiger partial charge on any atom is -0.333 e. The van der Waals surface area contributed by atoms with Crippen molar-refractivity contribution in [1.82, 2.24) is 5.32 Å². The highest BCUT2D eigenvalue weighted by Crippen LogP contribution is 2.15. The first-order valence-corrected chi connectivity index (χ1v) is 8.22. The van der Waals surface area contributed by atoms with E-state index < -0.39 is 23.6 Å². The fourth-order valence-electron chi connectivity index (χ4n) is 2.50. The standard InChI is InChI=1S/C19H21F2N3O2/c1-11-4-7-17(12(2)8-11)23-19(26)24-18(25)10-22-13(3)14-5-6-15(20)16(21)9-14/h4-9,13,22H,10H2,1-3H3,(H2,23,24,25,26)/p+1/t13-/m0/s1. The largest absolute Gasteiger partial charge is 0.333 e. The molecule has 0 fully saturated rings. The van der Waals surface area contributed by atoms with Crippen LogP contribution in [-0.2, 0) is 4.79 Å². The zero-order chi connectivity index (χ0) is 19.3. The van der Waals surface area contributed by atoms with Crippen molar-refractivity contribution in [2.24, 2.45) is 0 Å². The molecular weight excluding hydrogens is 340 g/mol. The number of imide groups is 1. The predicted molar refractivity (Wildman–Crippen MR) is 94.6 cm³/mol. The Morgan fingerprint density at radius 3 is 2.46 bits per heavy atom. The Labute approximate surface area is 150 Å². The number of nitrogens with two attached hydrogens (primary N) is 1. The third kappa shape index (κ3) is 5.35. The van der Waals surface area contributed by atoms with Crippen LogP contribution >= 0.6 is 0 Å². The lowest BCUT2D eigenvalue weighted by Crippen LogP contribution is -2.87. The van der Waals surface area contributed by atoms with E-state index in [2.05, 4.69) is 10.6 Å². The zero-order valence-corrected chi connectivity index (χ0v) is 14.9. The molecule has 3 amide bonds. The number of nitrogens with one attached hydrogen (secondary N) is 2. The molecule has 4 N–H and O–H groups in total. The topological polar surface area (TPSA) is 74.8 Å². The molecule has 0 spiro atoms. The second-order valence-electron chi connectivity index (χ2n) is 6.22. The Balaban J connectivity index is 1.84. The van der Waals surface area contributed by atoms with Crippen LogP contribution in [0.5, 0.6) is 0 Å². The van der Waals surface area contributed by atoms with E-state index in [0.29, 0.717) is 11.3 Å². The SMILES string of the molecule is Cc1ccc(NC(=O)NC(=O)C[NH2+][C@@H](C)c2ccc(F)c(F)c2)c(C)c1. The maximum absolute atomic E-state index is 13.3. The van der Waals surface area contributed by atoms with Gasteiger partial charge in [-0.25, -0.2) is 13.6 Å². The summed E-state index contributed by atoms with van der Waals surface area (Å²) in [5.41, 5.74) is 3.15. The van der Waals surface area contributed by atoms with Gasteiger partial charge in [0.1, 0.15) is 6.04 Å². The summed E-state index contributed by atoms with van der Waals surface area (Å²) in [4.78, 5) is 23.8. The molecule has 0 aliphatic heterocycles. The number of hydrogen-bond acceptors (Lipinski definition) is 2. The highest BCUT2D eigenvalue weighted by molar-refractivity contribution is 6.01. The van der Waals surface area contributed by atoms with Gasteiger partial charge in [-0.05, 0) is 50.6 Å². The molecule has 0 aliphatic carbocycles. The number of quaternary nitrogens is 1. The van der Waals surface area contributed by atoms with Crippen molar-refractivity contribution >= 4 is 17.6 Å². The van der Waals surface area contributed by atoms with Crippen molar-refractivity contribution in [3.05, 3.63) is 64.7 Å². The molecular formula is C19H22F2N3O2+. The number of anilines is 1. The lowest BCUT2D eigenvalue weighted by molar-refractivity contribution is -0.682. The maximum atomic E-state index is 13.3. The average molecular weight is 362 g/mol. The normalized spacial score (nSPS) is 11.7. The Morgan fingerprint density at radius 1 is 1.08 bits per heavy atom. The second-order valence-corrected chi connectivity index (χ2v) is 6.22. The van der Waals surface area contributed by atoms with Crippen LogP contribution < -0.4 is 16.0 Å². The molecule has 0 unspecified atom stereocenters. The highest BCUT2D eigenvalue weighted by Gasteiger charge is 2.15. The van der Waals surface area contributed by atoms with E-state index in [-0.39, 0.29) is 12.6 Å². The van der Waals surface area contributed by atoms with Crippen LogP contribution in [0.25, 0.3) is 0 Å². The van der Waals surface area contributed by atoms with Crippen molar-refractivity contribution in [2.45, 2.75) is 26.8 Å². The van der Waals surface area contributed by atoms with Crippen LogP contribution in [0.1, 0.15) is 29.7 Å². The first-order valence-electron chi connectivity index (χ1n) is 8.22. The van der Waals surface area contributed by atoms with Gasteiger partial charge in [0.15, 0.2) is 18.2 Å². The van der Waals surface area contributed by atoms with Crippen molar-refractivity contribution in [3.8, 4) is 0 Å². The molecule has 2 aromatic carbocycles. The summed E-state index contributed by atoms with van der Waals surface area (Å²) in [5.74, 6) is -2.33. The van der Waals surface area contributed by atoms with Crippen LogP contribution in [0.2, 0.25) is 0 Å².